The zero-order valence-electron chi connectivity index (χ0n) is 20.4. The first-order valence-electron chi connectivity index (χ1n) is 11.6. The Balaban J connectivity index is 1.62. The highest BCUT2D eigenvalue weighted by Gasteiger charge is 2.46. The number of ether oxygens (including phenoxy) is 3. The molecule has 1 aromatic carbocycles. The van der Waals surface area contributed by atoms with E-state index in [4.69, 9.17) is 18.6 Å². The molecule has 3 rings (SSSR count). The topological polar surface area (TPSA) is 179 Å². The molecular formula is C25H34O11. The van der Waals surface area contributed by atoms with Crippen molar-refractivity contribution in [3.8, 4) is 5.75 Å². The van der Waals surface area contributed by atoms with Gasteiger partial charge in [-0.1, -0.05) is 0 Å². The van der Waals surface area contributed by atoms with Gasteiger partial charge in [0.05, 0.1) is 24.4 Å². The van der Waals surface area contributed by atoms with E-state index in [-0.39, 0.29) is 13.0 Å². The fraction of sp³-hybridized carbons (Fsp3) is 0.560. The summed E-state index contributed by atoms with van der Waals surface area (Å²) in [6, 6.07) is 8.05. The van der Waals surface area contributed by atoms with Crippen molar-refractivity contribution in [3.05, 3.63) is 52.4 Å². The Labute approximate surface area is 207 Å². The van der Waals surface area contributed by atoms with Crippen LogP contribution in [0.3, 0.4) is 0 Å². The second-order valence-corrected chi connectivity index (χ2v) is 9.44. The van der Waals surface area contributed by atoms with Gasteiger partial charge in [-0.15, -0.1) is 0 Å². The standard InChI is InChI=1S/C25H34O11/c1-13(8-9-33-15-6-4-14-5-7-20(28)34-17(14)10-15)16(27)11-19(25(2,3)32)36-24-23(31)22(30)21(29)18(12-26)35-24/h4-8,10,16,18-19,21-24,26-27,29-32H,9,11-12H2,1-3H3. The van der Waals surface area contributed by atoms with Crippen molar-refractivity contribution in [2.24, 2.45) is 0 Å². The lowest BCUT2D eigenvalue weighted by Gasteiger charge is -2.42. The Morgan fingerprint density at radius 2 is 1.83 bits per heavy atom. The van der Waals surface area contributed by atoms with Gasteiger partial charge >= 0.3 is 5.63 Å². The third-order valence-corrected chi connectivity index (χ3v) is 6.15. The van der Waals surface area contributed by atoms with E-state index < -0.39 is 60.7 Å². The Morgan fingerprint density at radius 1 is 1.14 bits per heavy atom. The molecule has 11 nitrogen and oxygen atoms in total. The lowest BCUT2D eigenvalue weighted by molar-refractivity contribution is -0.323. The first kappa shape index (κ1) is 28.2. The summed E-state index contributed by atoms with van der Waals surface area (Å²) < 4.78 is 21.9. The summed E-state index contributed by atoms with van der Waals surface area (Å²) in [6.45, 7) is 4.06. The molecule has 1 aliphatic heterocycles. The van der Waals surface area contributed by atoms with Crippen LogP contribution in [0.4, 0.5) is 0 Å². The van der Waals surface area contributed by atoms with Gasteiger partial charge < -0.3 is 49.3 Å². The molecule has 1 fully saturated rings. The largest absolute Gasteiger partial charge is 0.489 e. The normalized spacial score (nSPS) is 27.1. The van der Waals surface area contributed by atoms with E-state index in [2.05, 4.69) is 0 Å². The van der Waals surface area contributed by atoms with Crippen LogP contribution in [0.1, 0.15) is 27.2 Å². The van der Waals surface area contributed by atoms with Gasteiger partial charge in [-0.3, -0.25) is 0 Å². The van der Waals surface area contributed by atoms with Gasteiger partial charge in [-0.2, -0.15) is 0 Å². The average Bonchev–Trinajstić information content (AvgIpc) is 2.82. The predicted molar refractivity (Wildman–Crippen MR) is 127 cm³/mol. The zero-order chi connectivity index (χ0) is 26.6. The highest BCUT2D eigenvalue weighted by Crippen LogP contribution is 2.28. The average molecular weight is 511 g/mol. The molecule has 2 aromatic rings. The van der Waals surface area contributed by atoms with Gasteiger partial charge in [-0.05, 0) is 50.6 Å². The SMILES string of the molecule is CC(=CCOc1ccc2ccc(=O)oc2c1)C(O)CC(OC1OC(CO)C(O)C(O)C1O)C(C)(C)O. The lowest BCUT2D eigenvalue weighted by Crippen LogP contribution is -2.60. The van der Waals surface area contributed by atoms with Crippen molar-refractivity contribution in [2.45, 2.75) is 75.7 Å². The molecule has 0 bridgehead atoms. The molecule has 2 heterocycles. The minimum Gasteiger partial charge on any atom is -0.489 e. The number of aliphatic hydroxyl groups excluding tert-OH is 5. The molecule has 1 saturated heterocycles. The maximum atomic E-state index is 11.4. The minimum atomic E-state index is -1.64. The molecule has 0 amide bonds. The van der Waals surface area contributed by atoms with Crippen LogP contribution in [-0.4, -0.2) is 92.4 Å². The summed E-state index contributed by atoms with van der Waals surface area (Å²) in [5.74, 6) is 0.468. The van der Waals surface area contributed by atoms with E-state index >= 15 is 0 Å². The van der Waals surface area contributed by atoms with Crippen molar-refractivity contribution in [3.63, 3.8) is 0 Å². The van der Waals surface area contributed by atoms with E-state index in [9.17, 15) is 35.4 Å². The number of aliphatic hydroxyl groups is 6. The van der Waals surface area contributed by atoms with Gasteiger partial charge in [0, 0.05) is 23.9 Å². The molecule has 1 aromatic heterocycles. The maximum absolute atomic E-state index is 11.4. The van der Waals surface area contributed by atoms with Gasteiger partial charge in [0.2, 0.25) is 0 Å². The Bertz CT molecular complexity index is 1090. The number of benzene rings is 1. The summed E-state index contributed by atoms with van der Waals surface area (Å²) >= 11 is 0. The summed E-state index contributed by atoms with van der Waals surface area (Å²) in [5.41, 5.74) is -1.04. The van der Waals surface area contributed by atoms with Crippen molar-refractivity contribution >= 4 is 11.0 Å². The molecule has 1 aliphatic rings. The molecule has 0 aliphatic carbocycles. The van der Waals surface area contributed by atoms with Crippen LogP contribution in [0, 0.1) is 0 Å². The molecular weight excluding hydrogens is 476 g/mol. The molecule has 200 valence electrons. The number of rotatable bonds is 10. The third kappa shape index (κ3) is 6.90. The van der Waals surface area contributed by atoms with Crippen molar-refractivity contribution in [1.29, 1.82) is 0 Å². The van der Waals surface area contributed by atoms with Crippen LogP contribution in [0.15, 0.2) is 51.2 Å². The van der Waals surface area contributed by atoms with E-state index in [1.807, 2.05) is 0 Å². The summed E-state index contributed by atoms with van der Waals surface area (Å²) in [6.07, 6.45) is -8.00. The summed E-state index contributed by atoms with van der Waals surface area (Å²) in [7, 11) is 0. The molecule has 7 unspecified atom stereocenters. The molecule has 0 spiro atoms. The number of fused-ring (bicyclic) bond motifs is 1. The summed E-state index contributed by atoms with van der Waals surface area (Å²) in [4.78, 5) is 11.4. The van der Waals surface area contributed by atoms with Gasteiger partial charge in [-0.25, -0.2) is 4.79 Å². The van der Waals surface area contributed by atoms with Crippen LogP contribution in [0.2, 0.25) is 0 Å². The molecule has 0 radical (unpaired) electrons. The van der Waals surface area contributed by atoms with E-state index in [1.54, 1.807) is 37.3 Å². The van der Waals surface area contributed by atoms with Crippen LogP contribution in [-0.2, 0) is 9.47 Å². The maximum Gasteiger partial charge on any atom is 0.336 e. The van der Waals surface area contributed by atoms with Gasteiger partial charge in [0.1, 0.15) is 42.4 Å². The highest BCUT2D eigenvalue weighted by atomic mass is 16.7. The monoisotopic (exact) mass is 510 g/mol. The Morgan fingerprint density at radius 3 is 2.50 bits per heavy atom. The second-order valence-electron chi connectivity index (χ2n) is 9.44. The van der Waals surface area contributed by atoms with Gasteiger partial charge in [0.15, 0.2) is 6.29 Å². The van der Waals surface area contributed by atoms with Crippen molar-refractivity contribution in [1.82, 2.24) is 0 Å². The fourth-order valence-electron chi connectivity index (χ4n) is 3.78. The van der Waals surface area contributed by atoms with Crippen LogP contribution < -0.4 is 10.4 Å². The van der Waals surface area contributed by atoms with Gasteiger partial charge in [0.25, 0.3) is 0 Å². The molecule has 0 saturated carbocycles. The quantitative estimate of drug-likeness (QED) is 0.184. The van der Waals surface area contributed by atoms with E-state index in [0.717, 1.165) is 5.39 Å². The lowest BCUT2D eigenvalue weighted by atomic mass is 9.93. The Kier molecular flexibility index (Phi) is 9.25. The Hall–Kier alpha value is -2.35. The number of hydrogen-bond donors (Lipinski definition) is 6. The van der Waals surface area contributed by atoms with Crippen LogP contribution >= 0.6 is 0 Å². The first-order valence-corrected chi connectivity index (χ1v) is 11.6. The highest BCUT2D eigenvalue weighted by molar-refractivity contribution is 5.77. The molecule has 36 heavy (non-hydrogen) atoms. The van der Waals surface area contributed by atoms with E-state index in [1.165, 1.54) is 19.9 Å². The van der Waals surface area contributed by atoms with Crippen LogP contribution in [0.5, 0.6) is 5.75 Å². The third-order valence-electron chi connectivity index (χ3n) is 6.15. The molecule has 6 N–H and O–H groups in total. The predicted octanol–water partition coefficient (Wildman–Crippen LogP) is -0.175. The first-order chi connectivity index (χ1) is 16.9. The molecule has 7 atom stereocenters. The second kappa shape index (κ2) is 11.8. The van der Waals surface area contributed by atoms with Crippen molar-refractivity contribution < 1.29 is 49.3 Å². The van der Waals surface area contributed by atoms with Crippen LogP contribution in [0.25, 0.3) is 11.0 Å². The molecule has 11 heteroatoms. The van der Waals surface area contributed by atoms with E-state index in [0.29, 0.717) is 16.9 Å². The fourth-order valence-corrected chi connectivity index (χ4v) is 3.78. The summed E-state index contributed by atoms with van der Waals surface area (Å²) in [5, 5.41) is 61.6. The minimum absolute atomic E-state index is 0.0953. The van der Waals surface area contributed by atoms with Crippen molar-refractivity contribution in [2.75, 3.05) is 13.2 Å². The smallest absolute Gasteiger partial charge is 0.336 e. The number of hydrogen-bond acceptors (Lipinski definition) is 11. The zero-order valence-corrected chi connectivity index (χ0v) is 20.4.